The predicted molar refractivity (Wildman–Crippen MR) is 126 cm³/mol. The van der Waals surface area contributed by atoms with Crippen LogP contribution in [0.1, 0.15) is 16.7 Å². The van der Waals surface area contributed by atoms with Gasteiger partial charge in [0, 0.05) is 7.05 Å². The maximum atomic E-state index is 13.1. The van der Waals surface area contributed by atoms with Gasteiger partial charge in [-0.1, -0.05) is 91.0 Å². The molecule has 3 rings (SSSR count). The molecule has 0 aromatic heterocycles. The SMILES string of the molecule is CON(C)C(=O)[C@@H](OCc1ccccc1)[C@@H](COCc1ccccc1)OCc1ccccc1. The molecule has 0 aliphatic rings. The molecule has 0 saturated heterocycles. The van der Waals surface area contributed by atoms with E-state index in [9.17, 15) is 4.79 Å². The molecule has 33 heavy (non-hydrogen) atoms. The second kappa shape index (κ2) is 13.5. The van der Waals surface area contributed by atoms with E-state index in [1.54, 1.807) is 7.05 Å². The molecule has 0 aliphatic carbocycles. The highest BCUT2D eigenvalue weighted by molar-refractivity contribution is 5.80. The summed E-state index contributed by atoms with van der Waals surface area (Å²) >= 11 is 0. The third kappa shape index (κ3) is 8.11. The van der Waals surface area contributed by atoms with Crippen LogP contribution in [0.5, 0.6) is 0 Å². The third-order valence-electron chi connectivity index (χ3n) is 5.14. The Hall–Kier alpha value is -3.03. The highest BCUT2D eigenvalue weighted by Gasteiger charge is 2.33. The summed E-state index contributed by atoms with van der Waals surface area (Å²) in [6.07, 6.45) is -1.54. The van der Waals surface area contributed by atoms with Crippen molar-refractivity contribution in [3.05, 3.63) is 108 Å². The molecule has 0 saturated carbocycles. The summed E-state index contributed by atoms with van der Waals surface area (Å²) in [5.74, 6) is -0.338. The number of nitrogens with zero attached hydrogens (tertiary/aromatic N) is 1. The summed E-state index contributed by atoms with van der Waals surface area (Å²) in [6.45, 7) is 1.18. The van der Waals surface area contributed by atoms with Crippen molar-refractivity contribution in [2.24, 2.45) is 0 Å². The van der Waals surface area contributed by atoms with Crippen LogP contribution >= 0.6 is 0 Å². The quantitative estimate of drug-likeness (QED) is 0.362. The monoisotopic (exact) mass is 449 g/mol. The molecule has 1 amide bonds. The second-order valence-electron chi connectivity index (χ2n) is 7.57. The molecule has 3 aromatic carbocycles. The summed E-state index contributed by atoms with van der Waals surface area (Å²) in [5.41, 5.74) is 3.00. The first kappa shape index (κ1) is 24.6. The van der Waals surface area contributed by atoms with Crippen molar-refractivity contribution in [3.8, 4) is 0 Å². The Morgan fingerprint density at radius 3 is 1.67 bits per heavy atom. The lowest BCUT2D eigenvalue weighted by Gasteiger charge is -2.29. The topological polar surface area (TPSA) is 57.2 Å². The standard InChI is InChI=1S/C27H31NO5/c1-28(30-2)27(29)26(33-20-24-16-10-5-11-17-24)25(32-19-23-14-8-4-9-15-23)21-31-18-22-12-6-3-7-13-22/h3-17,25-26H,18-21H2,1-2H3/t25-,26+/m1/s1. The zero-order valence-corrected chi connectivity index (χ0v) is 19.1. The number of amides is 1. The van der Waals surface area contributed by atoms with Crippen molar-refractivity contribution >= 4 is 5.91 Å². The fourth-order valence-electron chi connectivity index (χ4n) is 3.23. The fourth-order valence-corrected chi connectivity index (χ4v) is 3.23. The van der Waals surface area contributed by atoms with Gasteiger partial charge in [0.05, 0.1) is 33.5 Å². The van der Waals surface area contributed by atoms with Gasteiger partial charge in [-0.2, -0.15) is 0 Å². The van der Waals surface area contributed by atoms with Gasteiger partial charge in [0.25, 0.3) is 5.91 Å². The summed E-state index contributed by atoms with van der Waals surface area (Å²) in [5, 5.41) is 1.16. The normalized spacial score (nSPS) is 12.8. The first-order valence-corrected chi connectivity index (χ1v) is 10.9. The van der Waals surface area contributed by atoms with Gasteiger partial charge >= 0.3 is 0 Å². The van der Waals surface area contributed by atoms with Crippen molar-refractivity contribution in [2.75, 3.05) is 20.8 Å². The number of rotatable bonds is 13. The molecule has 6 nitrogen and oxygen atoms in total. The minimum absolute atomic E-state index is 0.185. The molecule has 0 fully saturated rings. The maximum Gasteiger partial charge on any atom is 0.277 e. The van der Waals surface area contributed by atoms with Crippen molar-refractivity contribution in [2.45, 2.75) is 32.0 Å². The first-order chi connectivity index (χ1) is 16.2. The lowest BCUT2D eigenvalue weighted by molar-refractivity contribution is -0.195. The number of likely N-dealkylation sites (N-methyl/N-ethyl adjacent to an activating group) is 1. The van der Waals surface area contributed by atoms with E-state index in [0.29, 0.717) is 13.2 Å². The first-order valence-electron chi connectivity index (χ1n) is 10.9. The Morgan fingerprint density at radius 1 is 0.727 bits per heavy atom. The molecule has 3 aromatic rings. The highest BCUT2D eigenvalue weighted by atomic mass is 16.7. The van der Waals surface area contributed by atoms with Gasteiger partial charge in [-0.3, -0.25) is 9.63 Å². The van der Waals surface area contributed by atoms with E-state index in [1.165, 1.54) is 7.11 Å². The molecular weight excluding hydrogens is 418 g/mol. The lowest BCUT2D eigenvalue weighted by Crippen LogP contribution is -2.47. The van der Waals surface area contributed by atoms with E-state index >= 15 is 0 Å². The summed E-state index contributed by atoms with van der Waals surface area (Å²) < 4.78 is 18.2. The van der Waals surface area contributed by atoms with Crippen molar-refractivity contribution in [1.29, 1.82) is 0 Å². The van der Waals surface area contributed by atoms with Gasteiger partial charge in [-0.25, -0.2) is 5.06 Å². The average Bonchev–Trinajstić information content (AvgIpc) is 2.88. The van der Waals surface area contributed by atoms with Crippen LogP contribution in [0.15, 0.2) is 91.0 Å². The van der Waals surface area contributed by atoms with Crippen LogP contribution < -0.4 is 0 Å². The Bertz CT molecular complexity index is 937. The van der Waals surface area contributed by atoms with E-state index < -0.39 is 12.2 Å². The summed E-state index contributed by atoms with van der Waals surface area (Å²) in [4.78, 5) is 18.3. The van der Waals surface area contributed by atoms with Crippen molar-refractivity contribution in [1.82, 2.24) is 5.06 Å². The molecule has 0 heterocycles. The summed E-state index contributed by atoms with van der Waals surface area (Å²) in [7, 11) is 3.00. The number of hydroxylamine groups is 2. The Labute approximate surface area is 195 Å². The van der Waals surface area contributed by atoms with Crippen molar-refractivity contribution < 1.29 is 23.8 Å². The van der Waals surface area contributed by atoms with Crippen LogP contribution in [0.25, 0.3) is 0 Å². The highest BCUT2D eigenvalue weighted by Crippen LogP contribution is 2.16. The van der Waals surface area contributed by atoms with Crippen LogP contribution in [-0.2, 0) is 43.7 Å². The van der Waals surface area contributed by atoms with Gasteiger partial charge in [0.15, 0.2) is 6.10 Å². The zero-order valence-electron chi connectivity index (χ0n) is 19.1. The lowest BCUT2D eigenvalue weighted by atomic mass is 10.1. The molecule has 0 unspecified atom stereocenters. The van der Waals surface area contributed by atoms with Gasteiger partial charge in [0.2, 0.25) is 0 Å². The van der Waals surface area contributed by atoms with Gasteiger partial charge < -0.3 is 14.2 Å². The van der Waals surface area contributed by atoms with E-state index in [4.69, 9.17) is 19.0 Å². The number of carbonyl (C=O) groups excluding carboxylic acids is 1. The maximum absolute atomic E-state index is 13.1. The largest absolute Gasteiger partial charge is 0.374 e. The average molecular weight is 450 g/mol. The van der Waals surface area contributed by atoms with E-state index in [1.807, 2.05) is 91.0 Å². The Morgan fingerprint density at radius 2 is 1.18 bits per heavy atom. The third-order valence-corrected chi connectivity index (χ3v) is 5.14. The number of benzene rings is 3. The fraction of sp³-hybridized carbons (Fsp3) is 0.296. The molecule has 2 atom stereocenters. The predicted octanol–water partition coefficient (Wildman–Crippen LogP) is 4.39. The van der Waals surface area contributed by atoms with E-state index in [0.717, 1.165) is 21.8 Å². The molecule has 0 bridgehead atoms. The second-order valence-corrected chi connectivity index (χ2v) is 7.57. The van der Waals surface area contributed by atoms with Crippen LogP contribution in [-0.4, -0.2) is 43.9 Å². The van der Waals surface area contributed by atoms with Gasteiger partial charge in [-0.05, 0) is 16.7 Å². The number of hydrogen-bond acceptors (Lipinski definition) is 5. The molecule has 0 aliphatic heterocycles. The Kier molecular flexibility index (Phi) is 10.1. The molecule has 0 spiro atoms. The molecule has 0 N–H and O–H groups in total. The molecule has 6 heteroatoms. The Balaban J connectivity index is 1.74. The van der Waals surface area contributed by atoms with E-state index in [-0.39, 0.29) is 19.1 Å². The zero-order chi connectivity index (χ0) is 23.3. The molecule has 174 valence electrons. The van der Waals surface area contributed by atoms with E-state index in [2.05, 4.69) is 0 Å². The molecule has 0 radical (unpaired) electrons. The minimum Gasteiger partial charge on any atom is -0.374 e. The van der Waals surface area contributed by atoms with Crippen LogP contribution in [0.2, 0.25) is 0 Å². The van der Waals surface area contributed by atoms with Crippen LogP contribution in [0, 0.1) is 0 Å². The van der Waals surface area contributed by atoms with Gasteiger partial charge in [0.1, 0.15) is 6.10 Å². The summed E-state index contributed by atoms with van der Waals surface area (Å²) in [6, 6.07) is 29.4. The number of ether oxygens (including phenoxy) is 3. The van der Waals surface area contributed by atoms with Crippen molar-refractivity contribution in [3.63, 3.8) is 0 Å². The number of hydrogen-bond donors (Lipinski definition) is 0. The number of carbonyl (C=O) groups is 1. The van der Waals surface area contributed by atoms with Gasteiger partial charge in [-0.15, -0.1) is 0 Å². The van der Waals surface area contributed by atoms with Crippen LogP contribution in [0.3, 0.4) is 0 Å². The molecular formula is C27H31NO5. The van der Waals surface area contributed by atoms with Crippen LogP contribution in [0.4, 0.5) is 0 Å². The smallest absolute Gasteiger partial charge is 0.277 e. The minimum atomic E-state index is -0.908.